The Balaban J connectivity index is 1.33. The molecule has 176 valence electrons. The molecule has 4 nitrogen and oxygen atoms in total. The normalized spacial score (nSPS) is 40.1. The average Bonchev–Trinajstić information content (AvgIpc) is 3.35. The topological polar surface area (TPSA) is 60.4 Å². The van der Waals surface area contributed by atoms with Crippen LogP contribution in [0.3, 0.4) is 0 Å². The molecule has 0 spiro atoms. The van der Waals surface area contributed by atoms with Gasteiger partial charge in [0.05, 0.1) is 24.0 Å². The van der Waals surface area contributed by atoms with Gasteiger partial charge in [-0.15, -0.1) is 0 Å². The maximum absolute atomic E-state index is 13.4. The van der Waals surface area contributed by atoms with E-state index in [4.69, 9.17) is 4.74 Å². The van der Waals surface area contributed by atoms with Crippen LogP contribution in [-0.2, 0) is 9.53 Å². The molecule has 2 bridgehead atoms. The quantitative estimate of drug-likeness (QED) is 0.586. The van der Waals surface area contributed by atoms with Crippen molar-refractivity contribution < 1.29 is 19.1 Å². The summed E-state index contributed by atoms with van der Waals surface area (Å²) in [5, 5.41) is 0. The van der Waals surface area contributed by atoms with Gasteiger partial charge in [-0.1, -0.05) is 69.2 Å². The summed E-state index contributed by atoms with van der Waals surface area (Å²) in [6, 6.07) is 7.14. The Morgan fingerprint density at radius 1 is 0.971 bits per heavy atom. The van der Waals surface area contributed by atoms with Gasteiger partial charge in [-0.25, -0.2) is 0 Å². The van der Waals surface area contributed by atoms with Crippen LogP contribution >= 0.6 is 0 Å². The Hall–Kier alpha value is -2.59. The first-order valence-corrected chi connectivity index (χ1v) is 12.6. The molecular weight excluding hydrogens is 424 g/mol. The van der Waals surface area contributed by atoms with Crippen LogP contribution in [0.2, 0.25) is 0 Å². The average molecular weight is 457 g/mol. The van der Waals surface area contributed by atoms with Crippen molar-refractivity contribution in [2.24, 2.45) is 34.5 Å². The highest BCUT2D eigenvalue weighted by atomic mass is 16.5. The Kier molecular flexibility index (Phi) is 4.64. The summed E-state index contributed by atoms with van der Waals surface area (Å²) in [6.07, 6.45) is 10.8. The molecule has 0 N–H and O–H groups in total. The standard InChI is InChI=1S/C30H32O4/c1-16-14-21(31)28-29(2,3)12-7-13-30(28,4)20(16)11-10-17-15-22-23-24(27(17)34-22)26(33)19-9-6-5-8-18(19)25(23)32/h5-6,8-11,14-15,20,22-24,27-28H,7,12-13H2,1-4H3/b11-10+/t20-,22?,23?,24?,27?,28-,30+/m0/s1. The van der Waals surface area contributed by atoms with Gasteiger partial charge in [0.25, 0.3) is 0 Å². The summed E-state index contributed by atoms with van der Waals surface area (Å²) in [5.74, 6) is -0.378. The number of hydrogen-bond donors (Lipinski definition) is 0. The molecule has 3 aliphatic carbocycles. The van der Waals surface area contributed by atoms with Gasteiger partial charge in [-0.3, -0.25) is 14.4 Å². The fraction of sp³-hybridized carbons (Fsp3) is 0.500. The van der Waals surface area contributed by atoms with E-state index in [0.29, 0.717) is 11.1 Å². The minimum absolute atomic E-state index is 0.00999. The molecule has 5 aliphatic rings. The molecule has 1 saturated carbocycles. The minimum Gasteiger partial charge on any atom is -0.365 e. The molecule has 1 aromatic rings. The SMILES string of the molecule is CC1=CC(=O)[C@H]2C(C)(C)CCC[C@]2(C)[C@H]1/C=C/C1=CC2OC1C1C(=O)c3ccccc3C(=O)C21. The van der Waals surface area contributed by atoms with Crippen molar-refractivity contribution in [3.05, 3.63) is 70.8 Å². The van der Waals surface area contributed by atoms with E-state index >= 15 is 0 Å². The number of benzene rings is 1. The van der Waals surface area contributed by atoms with E-state index in [2.05, 4.69) is 39.8 Å². The Bertz CT molecular complexity index is 1210. The number of ketones is 3. The molecule has 2 aliphatic heterocycles. The van der Waals surface area contributed by atoms with E-state index in [1.54, 1.807) is 12.1 Å². The van der Waals surface area contributed by atoms with E-state index in [0.717, 1.165) is 30.4 Å². The van der Waals surface area contributed by atoms with Crippen molar-refractivity contribution in [2.45, 2.75) is 59.2 Å². The molecule has 6 rings (SSSR count). The summed E-state index contributed by atoms with van der Waals surface area (Å²) >= 11 is 0. The largest absolute Gasteiger partial charge is 0.365 e. The lowest BCUT2D eigenvalue weighted by molar-refractivity contribution is -0.134. The third kappa shape index (κ3) is 2.84. The maximum Gasteiger partial charge on any atom is 0.170 e. The van der Waals surface area contributed by atoms with Crippen LogP contribution in [0.25, 0.3) is 0 Å². The highest BCUT2D eigenvalue weighted by Crippen LogP contribution is 2.59. The van der Waals surface area contributed by atoms with Gasteiger partial charge in [0, 0.05) is 23.0 Å². The molecule has 4 unspecified atom stereocenters. The van der Waals surface area contributed by atoms with Crippen molar-refractivity contribution in [3.63, 3.8) is 0 Å². The number of rotatable bonds is 2. The van der Waals surface area contributed by atoms with Crippen LogP contribution in [0, 0.1) is 34.5 Å². The van der Waals surface area contributed by atoms with Crippen LogP contribution < -0.4 is 0 Å². The number of hydrogen-bond acceptors (Lipinski definition) is 4. The van der Waals surface area contributed by atoms with Gasteiger partial charge in [0.15, 0.2) is 17.3 Å². The summed E-state index contributed by atoms with van der Waals surface area (Å²) in [4.78, 5) is 39.6. The van der Waals surface area contributed by atoms with Gasteiger partial charge in [0.2, 0.25) is 0 Å². The highest BCUT2D eigenvalue weighted by molar-refractivity contribution is 6.17. The number of ether oxygens (including phenoxy) is 1. The Morgan fingerprint density at radius 3 is 2.35 bits per heavy atom. The van der Waals surface area contributed by atoms with Crippen LogP contribution in [0.1, 0.15) is 67.7 Å². The molecule has 4 heteroatoms. The van der Waals surface area contributed by atoms with Crippen molar-refractivity contribution >= 4 is 17.3 Å². The van der Waals surface area contributed by atoms with Crippen molar-refractivity contribution in [3.8, 4) is 0 Å². The van der Waals surface area contributed by atoms with Crippen LogP contribution in [0.5, 0.6) is 0 Å². The van der Waals surface area contributed by atoms with E-state index in [1.165, 1.54) is 0 Å². The van der Waals surface area contributed by atoms with Gasteiger partial charge >= 0.3 is 0 Å². The second kappa shape index (κ2) is 7.21. The molecule has 0 aromatic heterocycles. The predicted molar refractivity (Wildman–Crippen MR) is 129 cm³/mol. The fourth-order valence-corrected chi connectivity index (χ4v) is 8.13. The second-order valence-electron chi connectivity index (χ2n) is 11.9. The summed E-state index contributed by atoms with van der Waals surface area (Å²) in [7, 11) is 0. The van der Waals surface area contributed by atoms with E-state index < -0.39 is 11.8 Å². The Morgan fingerprint density at radius 2 is 1.65 bits per heavy atom. The van der Waals surface area contributed by atoms with Crippen LogP contribution in [0.4, 0.5) is 0 Å². The second-order valence-corrected chi connectivity index (χ2v) is 11.9. The molecular formula is C30H32O4. The molecule has 2 heterocycles. The number of fused-ring (bicyclic) bond motifs is 7. The van der Waals surface area contributed by atoms with Gasteiger partial charge in [0.1, 0.15) is 0 Å². The van der Waals surface area contributed by atoms with E-state index in [1.807, 2.05) is 24.3 Å². The summed E-state index contributed by atoms with van der Waals surface area (Å²) in [6.45, 7) is 8.82. The highest BCUT2D eigenvalue weighted by Gasteiger charge is 2.58. The lowest BCUT2D eigenvalue weighted by atomic mass is 9.48. The van der Waals surface area contributed by atoms with Crippen molar-refractivity contribution in [1.29, 1.82) is 0 Å². The van der Waals surface area contributed by atoms with Crippen molar-refractivity contribution in [2.75, 3.05) is 0 Å². The lowest BCUT2D eigenvalue weighted by Crippen LogP contribution is -2.52. The summed E-state index contributed by atoms with van der Waals surface area (Å²) in [5.41, 5.74) is 3.02. The minimum atomic E-state index is -0.446. The predicted octanol–water partition coefficient (Wildman–Crippen LogP) is 5.54. The first kappa shape index (κ1) is 21.9. The Labute approximate surface area is 201 Å². The first-order valence-electron chi connectivity index (χ1n) is 12.6. The number of carbonyl (C=O) groups excluding carboxylic acids is 3. The summed E-state index contributed by atoms with van der Waals surface area (Å²) < 4.78 is 6.20. The molecule has 1 saturated heterocycles. The third-order valence-corrected chi connectivity index (χ3v) is 9.43. The van der Waals surface area contributed by atoms with Crippen LogP contribution in [-0.4, -0.2) is 29.6 Å². The van der Waals surface area contributed by atoms with Gasteiger partial charge < -0.3 is 4.74 Å². The zero-order chi connectivity index (χ0) is 24.0. The molecule has 0 radical (unpaired) electrons. The number of allylic oxidation sites excluding steroid dienone is 3. The van der Waals surface area contributed by atoms with Gasteiger partial charge in [-0.2, -0.15) is 0 Å². The number of carbonyl (C=O) groups is 3. The van der Waals surface area contributed by atoms with E-state index in [9.17, 15) is 14.4 Å². The van der Waals surface area contributed by atoms with Gasteiger partial charge in [-0.05, 0) is 48.3 Å². The first-order chi connectivity index (χ1) is 16.1. The zero-order valence-electron chi connectivity index (χ0n) is 20.3. The monoisotopic (exact) mass is 456 g/mol. The van der Waals surface area contributed by atoms with Crippen LogP contribution in [0.15, 0.2) is 59.7 Å². The molecule has 0 amide bonds. The zero-order valence-corrected chi connectivity index (χ0v) is 20.3. The maximum atomic E-state index is 13.4. The number of Topliss-reactive ketones (excluding diaryl/α,β-unsaturated/α-hetero) is 2. The molecule has 1 aromatic carbocycles. The lowest BCUT2D eigenvalue weighted by Gasteiger charge is -2.55. The molecule has 2 fully saturated rings. The third-order valence-electron chi connectivity index (χ3n) is 9.43. The molecule has 7 atom stereocenters. The fourth-order valence-electron chi connectivity index (χ4n) is 8.13. The van der Waals surface area contributed by atoms with E-state index in [-0.39, 0.29) is 52.2 Å². The smallest absolute Gasteiger partial charge is 0.170 e. The van der Waals surface area contributed by atoms with Crippen molar-refractivity contribution in [1.82, 2.24) is 0 Å². The molecule has 34 heavy (non-hydrogen) atoms.